The summed E-state index contributed by atoms with van der Waals surface area (Å²) >= 11 is 0. The number of terminal acetylenes is 1. The van der Waals surface area contributed by atoms with Gasteiger partial charge in [-0.2, -0.15) is 10.4 Å². The van der Waals surface area contributed by atoms with Crippen LogP contribution < -0.4 is 20.1 Å². The molecule has 5 rings (SSSR count). The number of hydrogen-bond donors (Lipinski definition) is 1. The molecule has 0 atom stereocenters. The number of hydrogen-bond acceptors (Lipinski definition) is 8. The molecule has 0 radical (unpaired) electrons. The first-order valence-corrected chi connectivity index (χ1v) is 11.7. The summed E-state index contributed by atoms with van der Waals surface area (Å²) in [7, 11) is 0. The Morgan fingerprint density at radius 1 is 1.08 bits per heavy atom. The van der Waals surface area contributed by atoms with Gasteiger partial charge in [-0.15, -0.1) is 6.42 Å². The Labute approximate surface area is 209 Å². The van der Waals surface area contributed by atoms with Crippen LogP contribution >= 0.6 is 0 Å². The third-order valence-corrected chi connectivity index (χ3v) is 6.11. The lowest BCUT2D eigenvalue weighted by molar-refractivity contribution is 0.170. The van der Waals surface area contributed by atoms with Crippen molar-refractivity contribution in [3.05, 3.63) is 66.4 Å². The average molecular weight is 480 g/mol. The Bertz CT molecular complexity index is 1420. The SMILES string of the molecule is C#Cc1ccc(OC2CCN(c3ccc(-c4cc(OCCN)cn5ncc(C#N)c45)cn3)CC2)cn1. The number of piperidine rings is 1. The third-order valence-electron chi connectivity index (χ3n) is 6.11. The van der Waals surface area contributed by atoms with Gasteiger partial charge in [0.2, 0.25) is 0 Å². The summed E-state index contributed by atoms with van der Waals surface area (Å²) in [6, 6.07) is 11.8. The topological polar surface area (TPSA) is 115 Å². The monoisotopic (exact) mass is 479 g/mol. The molecule has 4 aromatic rings. The van der Waals surface area contributed by atoms with Crippen LogP contribution in [-0.2, 0) is 0 Å². The van der Waals surface area contributed by atoms with E-state index >= 15 is 0 Å². The molecule has 9 nitrogen and oxygen atoms in total. The summed E-state index contributed by atoms with van der Waals surface area (Å²) in [5, 5.41) is 13.9. The van der Waals surface area contributed by atoms with Gasteiger partial charge in [0.15, 0.2) is 0 Å². The van der Waals surface area contributed by atoms with Crippen LogP contribution in [0, 0.1) is 23.7 Å². The van der Waals surface area contributed by atoms with Crippen molar-refractivity contribution in [3.8, 4) is 41.0 Å². The standard InChI is InChI=1S/C27H25N7O2/c1-2-21-4-5-23(17-30-21)36-22-7-10-33(11-8-22)26-6-3-19(15-31-26)25-13-24(35-12-9-28)18-34-27(25)20(14-29)16-32-34/h1,3-6,13,15-18,22H,7-12,28H2. The van der Waals surface area contributed by atoms with Gasteiger partial charge in [-0.25, -0.2) is 14.5 Å². The highest BCUT2D eigenvalue weighted by molar-refractivity contribution is 5.85. The van der Waals surface area contributed by atoms with E-state index in [1.165, 1.54) is 0 Å². The van der Waals surface area contributed by atoms with E-state index in [1.807, 2.05) is 30.5 Å². The minimum absolute atomic E-state index is 0.120. The largest absolute Gasteiger partial charge is 0.491 e. The van der Waals surface area contributed by atoms with E-state index in [4.69, 9.17) is 26.6 Å². The second kappa shape index (κ2) is 10.3. The van der Waals surface area contributed by atoms with E-state index in [2.05, 4.69) is 27.0 Å². The molecule has 0 saturated carbocycles. The van der Waals surface area contributed by atoms with Gasteiger partial charge in [-0.05, 0) is 30.3 Å². The van der Waals surface area contributed by atoms with E-state index in [9.17, 15) is 5.26 Å². The third kappa shape index (κ3) is 4.78. The summed E-state index contributed by atoms with van der Waals surface area (Å²) in [5.41, 5.74) is 9.10. The van der Waals surface area contributed by atoms with Crippen molar-refractivity contribution in [1.82, 2.24) is 19.6 Å². The number of pyridine rings is 3. The fourth-order valence-electron chi connectivity index (χ4n) is 4.32. The Hall–Kier alpha value is -4.60. The first-order chi connectivity index (χ1) is 17.7. The Balaban J connectivity index is 1.30. The maximum Gasteiger partial charge on any atom is 0.138 e. The zero-order chi connectivity index (χ0) is 24.9. The number of fused-ring (bicyclic) bond motifs is 1. The van der Waals surface area contributed by atoms with Crippen molar-refractivity contribution in [3.63, 3.8) is 0 Å². The summed E-state index contributed by atoms with van der Waals surface area (Å²) < 4.78 is 13.5. The van der Waals surface area contributed by atoms with Crippen LogP contribution in [0.1, 0.15) is 24.1 Å². The van der Waals surface area contributed by atoms with Crippen LogP contribution in [-0.4, -0.2) is 51.9 Å². The normalized spacial score (nSPS) is 13.8. The van der Waals surface area contributed by atoms with Crippen LogP contribution in [0.2, 0.25) is 0 Å². The van der Waals surface area contributed by atoms with Crippen LogP contribution in [0.15, 0.2) is 55.1 Å². The summed E-state index contributed by atoms with van der Waals surface area (Å²) in [4.78, 5) is 11.2. The summed E-state index contributed by atoms with van der Waals surface area (Å²) in [5.74, 6) is 4.77. The number of ether oxygens (including phenoxy) is 2. The van der Waals surface area contributed by atoms with E-state index < -0.39 is 0 Å². The highest BCUT2D eigenvalue weighted by atomic mass is 16.5. The molecule has 4 aromatic heterocycles. The van der Waals surface area contributed by atoms with Crippen LogP contribution in [0.3, 0.4) is 0 Å². The Morgan fingerprint density at radius 3 is 2.61 bits per heavy atom. The fraction of sp³-hybridized carbons (Fsp3) is 0.259. The average Bonchev–Trinajstić information content (AvgIpc) is 3.35. The van der Waals surface area contributed by atoms with E-state index in [-0.39, 0.29) is 6.10 Å². The first kappa shape index (κ1) is 23.2. The molecule has 5 heterocycles. The minimum Gasteiger partial charge on any atom is -0.491 e. The van der Waals surface area contributed by atoms with Gasteiger partial charge in [-0.1, -0.05) is 5.92 Å². The predicted octanol–water partition coefficient (Wildman–Crippen LogP) is 3.03. The summed E-state index contributed by atoms with van der Waals surface area (Å²) in [6.07, 6.45) is 14.0. The molecule has 1 fully saturated rings. The second-order valence-corrected chi connectivity index (χ2v) is 8.42. The van der Waals surface area contributed by atoms with Crippen molar-refractivity contribution in [2.75, 3.05) is 31.1 Å². The van der Waals surface area contributed by atoms with Crippen molar-refractivity contribution in [2.45, 2.75) is 18.9 Å². The lowest BCUT2D eigenvalue weighted by Crippen LogP contribution is -2.38. The van der Waals surface area contributed by atoms with Gasteiger partial charge >= 0.3 is 0 Å². The molecule has 0 bridgehead atoms. The number of aromatic nitrogens is 4. The fourth-order valence-corrected chi connectivity index (χ4v) is 4.32. The van der Waals surface area contributed by atoms with Crippen molar-refractivity contribution >= 4 is 11.3 Å². The molecule has 9 heteroatoms. The number of nitriles is 1. The molecule has 1 aliphatic rings. The number of nitrogens with zero attached hydrogens (tertiary/aromatic N) is 6. The molecule has 0 spiro atoms. The van der Waals surface area contributed by atoms with Gasteiger partial charge in [0.25, 0.3) is 0 Å². The van der Waals surface area contributed by atoms with Gasteiger partial charge in [0.1, 0.15) is 41.8 Å². The molecule has 36 heavy (non-hydrogen) atoms. The highest BCUT2D eigenvalue weighted by Gasteiger charge is 2.22. The van der Waals surface area contributed by atoms with E-state index in [0.29, 0.717) is 30.2 Å². The van der Waals surface area contributed by atoms with E-state index in [1.54, 1.807) is 29.2 Å². The predicted molar refractivity (Wildman–Crippen MR) is 136 cm³/mol. The van der Waals surface area contributed by atoms with Crippen LogP contribution in [0.25, 0.3) is 16.6 Å². The van der Waals surface area contributed by atoms with Crippen LogP contribution in [0.5, 0.6) is 11.5 Å². The molecular formula is C27H25N7O2. The van der Waals surface area contributed by atoms with Crippen molar-refractivity contribution in [2.24, 2.45) is 5.73 Å². The zero-order valence-electron chi connectivity index (χ0n) is 19.7. The molecular weight excluding hydrogens is 454 g/mol. The molecule has 0 unspecified atom stereocenters. The van der Waals surface area contributed by atoms with Gasteiger partial charge in [0, 0.05) is 49.8 Å². The Kier molecular flexibility index (Phi) is 6.65. The second-order valence-electron chi connectivity index (χ2n) is 8.42. The first-order valence-electron chi connectivity index (χ1n) is 11.7. The van der Waals surface area contributed by atoms with Gasteiger partial charge in [-0.3, -0.25) is 0 Å². The smallest absolute Gasteiger partial charge is 0.138 e. The molecule has 2 N–H and O–H groups in total. The lowest BCUT2D eigenvalue weighted by atomic mass is 10.0. The molecule has 180 valence electrons. The van der Waals surface area contributed by atoms with Crippen molar-refractivity contribution < 1.29 is 9.47 Å². The lowest BCUT2D eigenvalue weighted by Gasteiger charge is -2.33. The molecule has 0 aromatic carbocycles. The minimum atomic E-state index is 0.120. The number of anilines is 1. The van der Waals surface area contributed by atoms with Crippen LogP contribution in [0.4, 0.5) is 5.82 Å². The van der Waals surface area contributed by atoms with E-state index in [0.717, 1.165) is 54.1 Å². The number of nitrogens with two attached hydrogens (primary N) is 1. The molecule has 1 saturated heterocycles. The molecule has 1 aliphatic heterocycles. The van der Waals surface area contributed by atoms with Gasteiger partial charge in [0.05, 0.1) is 29.7 Å². The van der Waals surface area contributed by atoms with Crippen molar-refractivity contribution in [1.29, 1.82) is 5.26 Å². The molecule has 0 aliphatic carbocycles. The number of rotatable bonds is 7. The quantitative estimate of drug-likeness (QED) is 0.402. The maximum absolute atomic E-state index is 9.56. The zero-order valence-corrected chi connectivity index (χ0v) is 19.7. The maximum atomic E-state index is 9.56. The Morgan fingerprint density at radius 2 is 1.94 bits per heavy atom. The highest BCUT2D eigenvalue weighted by Crippen LogP contribution is 2.31. The van der Waals surface area contributed by atoms with Gasteiger partial charge < -0.3 is 20.1 Å². The molecule has 0 amide bonds. The summed E-state index contributed by atoms with van der Waals surface area (Å²) in [6.45, 7) is 2.46.